The minimum absolute atomic E-state index is 1.19. The van der Waals surface area contributed by atoms with Crippen LogP contribution in [-0.4, -0.2) is 0 Å². The zero-order valence-corrected chi connectivity index (χ0v) is 46.6. The molecule has 0 aromatic heterocycles. The molecule has 0 saturated carbocycles. The standard InChI is InChI=1S/C74H94/c1-3-5-7-9-11-13-15-17-19-21-23-25-27-29-31-33-37-57-43-47-59(48-44-57)61-51-53-65-69(55-61)63-39-35-41-67-71(63)73(65)68-42-36-40-64-70-56-62(52-54-66(70)74(67)72(64)68)60-49-45-58(46-50-60)38-34-32-30-28-26-24-22-20-18-16-14-12-10-8-6-4-2/h35-36,39-56H,3-34,37-38H2,1-2H3. The van der Waals surface area contributed by atoms with E-state index in [9.17, 15) is 0 Å². The van der Waals surface area contributed by atoms with Crippen molar-refractivity contribution in [3.8, 4) is 22.3 Å². The maximum Gasteiger partial charge on any atom is -0.00137 e. The minimum Gasteiger partial charge on any atom is -0.0654 e. The molecule has 0 unspecified atom stereocenters. The number of benzene rings is 7. The highest BCUT2D eigenvalue weighted by Crippen LogP contribution is 2.51. The summed E-state index contributed by atoms with van der Waals surface area (Å²) in [5.74, 6) is 0. The Bertz CT molecular complexity index is 2810. The maximum absolute atomic E-state index is 2.47. The van der Waals surface area contributed by atoms with Gasteiger partial charge in [-0.2, -0.15) is 0 Å². The lowest BCUT2D eigenvalue weighted by atomic mass is 9.95. The molecular weight excluding hydrogens is 889 g/mol. The van der Waals surface area contributed by atoms with Crippen molar-refractivity contribution in [3.05, 3.63) is 132 Å². The minimum atomic E-state index is 1.19. The molecule has 0 bridgehead atoms. The fraction of sp³-hybridized carbons (Fsp3) is 0.486. The lowest BCUT2D eigenvalue weighted by Gasteiger charge is -2.07. The summed E-state index contributed by atoms with van der Waals surface area (Å²) in [5, 5.41) is 16.7. The molecule has 9 aromatic carbocycles. The average molecular weight is 984 g/mol. The average Bonchev–Trinajstić information content (AvgIpc) is 3.96. The van der Waals surface area contributed by atoms with Gasteiger partial charge in [-0.3, -0.25) is 0 Å². The number of unbranched alkanes of at least 4 members (excludes halogenated alkanes) is 30. The highest BCUT2D eigenvalue weighted by Gasteiger charge is 2.22. The number of aryl methyl sites for hydroxylation is 2. The molecule has 0 heteroatoms. The molecule has 0 atom stereocenters. The van der Waals surface area contributed by atoms with Crippen molar-refractivity contribution in [2.75, 3.05) is 0 Å². The molecule has 0 aliphatic carbocycles. The molecule has 0 spiro atoms. The number of hydrogen-bond acceptors (Lipinski definition) is 0. The van der Waals surface area contributed by atoms with E-state index >= 15 is 0 Å². The highest BCUT2D eigenvalue weighted by atomic mass is 14.2. The van der Waals surface area contributed by atoms with Crippen molar-refractivity contribution >= 4 is 64.6 Å². The van der Waals surface area contributed by atoms with E-state index in [1.165, 1.54) is 316 Å². The Hall–Kier alpha value is -4.94. The Balaban J connectivity index is 0.768. The zero-order valence-electron chi connectivity index (χ0n) is 46.6. The first-order chi connectivity index (χ1) is 36.7. The van der Waals surface area contributed by atoms with E-state index in [1.807, 2.05) is 0 Å². The second kappa shape index (κ2) is 28.8. The smallest absolute Gasteiger partial charge is 0.00137 e. The van der Waals surface area contributed by atoms with Crippen LogP contribution in [0.3, 0.4) is 0 Å². The van der Waals surface area contributed by atoms with E-state index in [0.29, 0.717) is 0 Å². The summed E-state index contributed by atoms with van der Waals surface area (Å²) in [6.45, 7) is 4.62. The van der Waals surface area contributed by atoms with E-state index in [0.717, 1.165) is 0 Å². The molecule has 0 N–H and O–H groups in total. The normalized spacial score (nSPS) is 12.1. The number of rotatable bonds is 36. The summed E-state index contributed by atoms with van der Waals surface area (Å²) >= 11 is 0. The van der Waals surface area contributed by atoms with Gasteiger partial charge in [-0.05, 0) is 136 Å². The summed E-state index contributed by atoms with van der Waals surface area (Å²) in [7, 11) is 0. The van der Waals surface area contributed by atoms with Gasteiger partial charge in [0.1, 0.15) is 0 Å². The van der Waals surface area contributed by atoms with E-state index in [1.54, 1.807) is 0 Å². The van der Waals surface area contributed by atoms with Crippen molar-refractivity contribution in [1.29, 1.82) is 0 Å². The van der Waals surface area contributed by atoms with Gasteiger partial charge < -0.3 is 0 Å². The predicted molar refractivity (Wildman–Crippen MR) is 331 cm³/mol. The Kier molecular flexibility index (Phi) is 21.0. The summed E-state index contributed by atoms with van der Waals surface area (Å²) in [6.07, 6.45) is 47.8. The molecule has 9 rings (SSSR count). The van der Waals surface area contributed by atoms with Gasteiger partial charge in [0.25, 0.3) is 0 Å². The molecule has 9 aromatic rings. The molecule has 390 valence electrons. The summed E-state index contributed by atoms with van der Waals surface area (Å²) in [4.78, 5) is 0. The van der Waals surface area contributed by atoms with E-state index < -0.39 is 0 Å². The Morgan fingerprint density at radius 1 is 0.203 bits per heavy atom. The quantitative estimate of drug-likeness (QED) is 0.0271. The molecule has 0 radical (unpaired) electrons. The topological polar surface area (TPSA) is 0 Å². The molecule has 0 heterocycles. The predicted octanol–water partition coefficient (Wildman–Crippen LogP) is 24.4. The number of fused-ring (bicyclic) bond motifs is 8. The molecule has 0 amide bonds. The van der Waals surface area contributed by atoms with Crippen molar-refractivity contribution in [3.63, 3.8) is 0 Å². The second-order valence-electron chi connectivity index (χ2n) is 23.2. The van der Waals surface area contributed by atoms with Crippen molar-refractivity contribution < 1.29 is 0 Å². The van der Waals surface area contributed by atoms with Crippen LogP contribution >= 0.6 is 0 Å². The van der Waals surface area contributed by atoms with Crippen LogP contribution in [0.5, 0.6) is 0 Å². The maximum atomic E-state index is 2.47. The Morgan fingerprint density at radius 2 is 0.446 bits per heavy atom. The molecule has 0 saturated heterocycles. The monoisotopic (exact) mass is 983 g/mol. The first kappa shape index (κ1) is 53.9. The molecule has 0 aliphatic rings. The van der Waals surface area contributed by atoms with Crippen LogP contribution in [0.2, 0.25) is 0 Å². The van der Waals surface area contributed by atoms with Crippen LogP contribution in [0.1, 0.15) is 230 Å². The van der Waals surface area contributed by atoms with Gasteiger partial charge in [0.05, 0.1) is 0 Å². The molecule has 74 heavy (non-hydrogen) atoms. The third-order valence-corrected chi connectivity index (χ3v) is 17.5. The van der Waals surface area contributed by atoms with E-state index in [-0.39, 0.29) is 0 Å². The number of hydrogen-bond donors (Lipinski definition) is 0. The molecule has 0 aliphatic heterocycles. The zero-order chi connectivity index (χ0) is 50.6. The van der Waals surface area contributed by atoms with Crippen LogP contribution in [0.25, 0.3) is 86.9 Å². The van der Waals surface area contributed by atoms with Gasteiger partial charge in [-0.25, -0.2) is 0 Å². The fourth-order valence-corrected chi connectivity index (χ4v) is 13.1. The third-order valence-electron chi connectivity index (χ3n) is 17.5. The van der Waals surface area contributed by atoms with Gasteiger partial charge in [0.2, 0.25) is 0 Å². The molecular formula is C74H94. The molecule has 0 nitrogen and oxygen atoms in total. The van der Waals surface area contributed by atoms with E-state index in [2.05, 4.69) is 135 Å². The Morgan fingerprint density at radius 3 is 0.743 bits per heavy atom. The summed E-state index contributed by atoms with van der Waals surface area (Å²) < 4.78 is 0. The first-order valence-electron chi connectivity index (χ1n) is 31.2. The molecule has 0 fully saturated rings. The van der Waals surface area contributed by atoms with Gasteiger partial charge in [-0.1, -0.05) is 316 Å². The lowest BCUT2D eigenvalue weighted by Crippen LogP contribution is -1.87. The van der Waals surface area contributed by atoms with Crippen LogP contribution in [0.15, 0.2) is 121 Å². The van der Waals surface area contributed by atoms with Gasteiger partial charge in [0, 0.05) is 0 Å². The third kappa shape index (κ3) is 13.9. The fourth-order valence-electron chi connectivity index (χ4n) is 13.1. The Labute approximate surface area is 449 Å². The van der Waals surface area contributed by atoms with Gasteiger partial charge in [-0.15, -0.1) is 0 Å². The van der Waals surface area contributed by atoms with Gasteiger partial charge in [0.15, 0.2) is 0 Å². The van der Waals surface area contributed by atoms with Crippen LogP contribution in [0, 0.1) is 0 Å². The SMILES string of the molecule is CCCCCCCCCCCCCCCCCCc1ccc(-c2ccc3c(c2)c2cccc4c2c3c2cccc3c5cc(-c6ccc(CCCCCCCCCCCCCCCCCC)cc6)ccc5c4c32)cc1. The van der Waals surface area contributed by atoms with Gasteiger partial charge >= 0.3 is 0 Å². The van der Waals surface area contributed by atoms with Crippen LogP contribution in [-0.2, 0) is 12.8 Å². The van der Waals surface area contributed by atoms with Crippen molar-refractivity contribution in [2.24, 2.45) is 0 Å². The summed E-state index contributed by atoms with van der Waals surface area (Å²) in [5.41, 5.74) is 8.20. The summed E-state index contributed by atoms with van der Waals surface area (Å²) in [6, 6.07) is 47.7. The van der Waals surface area contributed by atoms with Crippen molar-refractivity contribution in [1.82, 2.24) is 0 Å². The highest BCUT2D eigenvalue weighted by molar-refractivity contribution is 6.47. The largest absolute Gasteiger partial charge is 0.0654 e. The van der Waals surface area contributed by atoms with Crippen LogP contribution in [0.4, 0.5) is 0 Å². The van der Waals surface area contributed by atoms with Crippen molar-refractivity contribution in [2.45, 2.75) is 232 Å². The second-order valence-corrected chi connectivity index (χ2v) is 23.2. The van der Waals surface area contributed by atoms with Crippen LogP contribution < -0.4 is 0 Å². The van der Waals surface area contributed by atoms with E-state index in [4.69, 9.17) is 0 Å². The first-order valence-corrected chi connectivity index (χ1v) is 31.2. The lowest BCUT2D eigenvalue weighted by molar-refractivity contribution is 0.529.